The Labute approximate surface area is 146 Å². The second-order valence-electron chi connectivity index (χ2n) is 8.14. The van der Waals surface area contributed by atoms with Gasteiger partial charge >= 0.3 is 0 Å². The predicted molar refractivity (Wildman–Crippen MR) is 104 cm³/mol. The Morgan fingerprint density at radius 2 is 1.30 bits per heavy atom. The Morgan fingerprint density at radius 1 is 0.783 bits per heavy atom. The van der Waals surface area contributed by atoms with Gasteiger partial charge in [-0.15, -0.1) is 0 Å². The van der Waals surface area contributed by atoms with Gasteiger partial charge in [-0.2, -0.15) is 0 Å². The smallest absolute Gasteiger partial charge is 0.0132 e. The number of benzene rings is 1. The van der Waals surface area contributed by atoms with Crippen LogP contribution >= 0.6 is 0 Å². The molecule has 0 aliphatic carbocycles. The summed E-state index contributed by atoms with van der Waals surface area (Å²) in [6, 6.07) is 10.1. The molecule has 0 nitrogen and oxygen atoms in total. The molecule has 0 heteroatoms. The molecule has 1 rings (SSSR count). The maximum atomic E-state index is 3.42. The third-order valence-electron chi connectivity index (χ3n) is 4.78. The molecule has 0 unspecified atom stereocenters. The van der Waals surface area contributed by atoms with Gasteiger partial charge in [0.1, 0.15) is 0 Å². The largest absolute Gasteiger partial charge is 0.0654 e. The first-order valence-electron chi connectivity index (χ1n) is 10.0. The zero-order valence-electron chi connectivity index (χ0n) is 16.2. The van der Waals surface area contributed by atoms with Gasteiger partial charge in [0, 0.05) is 0 Å². The molecule has 1 aromatic rings. The van der Waals surface area contributed by atoms with Crippen LogP contribution in [0.15, 0.2) is 18.2 Å². The number of rotatable bonds is 12. The maximum Gasteiger partial charge on any atom is -0.0132 e. The Morgan fingerprint density at radius 3 is 1.83 bits per heavy atom. The van der Waals surface area contributed by atoms with E-state index in [1.165, 1.54) is 88.2 Å². The van der Waals surface area contributed by atoms with Crippen molar-refractivity contribution in [1.29, 1.82) is 0 Å². The fourth-order valence-electron chi connectivity index (χ4n) is 3.11. The molecule has 0 saturated carbocycles. The molecule has 0 amide bonds. The molecule has 0 fully saturated rings. The van der Waals surface area contributed by atoms with Crippen LogP contribution in [0.3, 0.4) is 0 Å². The lowest BCUT2D eigenvalue weighted by atomic mass is 9.86. The number of hydrogen-bond donors (Lipinski definition) is 0. The summed E-state index contributed by atoms with van der Waals surface area (Å²) in [6.45, 7) is 9.15. The zero-order chi connectivity index (χ0) is 17.0. The van der Waals surface area contributed by atoms with Crippen LogP contribution in [0.1, 0.15) is 109 Å². The molecule has 131 valence electrons. The highest BCUT2D eigenvalue weighted by atomic mass is 14.2. The minimum atomic E-state index is 0.251. The van der Waals surface area contributed by atoms with Crippen LogP contribution in [-0.2, 0) is 11.8 Å². The van der Waals surface area contributed by atoms with Crippen molar-refractivity contribution in [1.82, 2.24) is 0 Å². The fraction of sp³-hybridized carbons (Fsp3) is 0.739. The lowest BCUT2D eigenvalue weighted by Gasteiger charge is -2.19. The Hall–Kier alpha value is -0.780. The SMILES string of the molecule is CCCCCCCCCCCCCc1[c]ccc(C(C)(C)C)c1. The molecule has 1 radical (unpaired) electrons. The van der Waals surface area contributed by atoms with Crippen LogP contribution in [0.5, 0.6) is 0 Å². The van der Waals surface area contributed by atoms with Crippen molar-refractivity contribution in [2.45, 2.75) is 110 Å². The Bertz CT molecular complexity index is 397. The average Bonchev–Trinajstić information content (AvgIpc) is 2.52. The molecule has 0 atom stereocenters. The van der Waals surface area contributed by atoms with Crippen LogP contribution in [0, 0.1) is 6.07 Å². The van der Waals surface area contributed by atoms with Crippen LogP contribution in [0.4, 0.5) is 0 Å². The van der Waals surface area contributed by atoms with Crippen molar-refractivity contribution < 1.29 is 0 Å². The summed E-state index contributed by atoms with van der Waals surface area (Å²) in [5.74, 6) is 0. The van der Waals surface area contributed by atoms with Gasteiger partial charge < -0.3 is 0 Å². The van der Waals surface area contributed by atoms with E-state index in [4.69, 9.17) is 0 Å². The van der Waals surface area contributed by atoms with Gasteiger partial charge in [-0.25, -0.2) is 0 Å². The standard InChI is InChI=1S/C23H39/c1-5-6-7-8-9-10-11-12-13-14-15-17-21-18-16-19-22(20-21)23(2,3)4/h16,19-20H,5-15,17H2,1-4H3. The second kappa shape index (κ2) is 11.7. The van der Waals surface area contributed by atoms with Crippen LogP contribution in [0.25, 0.3) is 0 Å². The van der Waals surface area contributed by atoms with Crippen molar-refractivity contribution in [2.75, 3.05) is 0 Å². The van der Waals surface area contributed by atoms with Gasteiger partial charge in [-0.3, -0.25) is 0 Å². The molecular weight excluding hydrogens is 276 g/mol. The van der Waals surface area contributed by atoms with Gasteiger partial charge in [-0.1, -0.05) is 110 Å². The molecule has 0 N–H and O–H groups in total. The van der Waals surface area contributed by atoms with E-state index < -0.39 is 0 Å². The summed E-state index contributed by atoms with van der Waals surface area (Å²) >= 11 is 0. The number of hydrogen-bond acceptors (Lipinski definition) is 0. The quantitative estimate of drug-likeness (QED) is 0.348. The highest BCUT2D eigenvalue weighted by Crippen LogP contribution is 2.23. The normalized spacial score (nSPS) is 11.8. The molecule has 23 heavy (non-hydrogen) atoms. The van der Waals surface area contributed by atoms with Crippen molar-refractivity contribution in [3.8, 4) is 0 Å². The highest BCUT2D eigenvalue weighted by molar-refractivity contribution is 5.27. The molecular formula is C23H39. The Balaban J connectivity index is 2.03. The zero-order valence-corrected chi connectivity index (χ0v) is 16.2. The summed E-state index contributed by atoms with van der Waals surface area (Å²) in [7, 11) is 0. The average molecular weight is 316 g/mol. The second-order valence-corrected chi connectivity index (χ2v) is 8.14. The van der Waals surface area contributed by atoms with Crippen molar-refractivity contribution >= 4 is 0 Å². The lowest BCUT2D eigenvalue weighted by Crippen LogP contribution is -2.11. The molecule has 1 aromatic carbocycles. The number of unbranched alkanes of at least 4 members (excludes halogenated alkanes) is 10. The van der Waals surface area contributed by atoms with Gasteiger partial charge in [0.15, 0.2) is 0 Å². The van der Waals surface area contributed by atoms with E-state index >= 15 is 0 Å². The van der Waals surface area contributed by atoms with Gasteiger partial charge in [0.2, 0.25) is 0 Å². The van der Waals surface area contributed by atoms with Gasteiger partial charge in [-0.05, 0) is 35.4 Å². The molecule has 0 aliphatic heterocycles. The van der Waals surface area contributed by atoms with Gasteiger partial charge in [0.25, 0.3) is 0 Å². The van der Waals surface area contributed by atoms with Crippen molar-refractivity contribution in [3.05, 3.63) is 35.4 Å². The number of aryl methyl sites for hydroxylation is 1. The summed E-state index contributed by atoms with van der Waals surface area (Å²) < 4.78 is 0. The van der Waals surface area contributed by atoms with E-state index in [9.17, 15) is 0 Å². The first-order valence-corrected chi connectivity index (χ1v) is 10.0. The molecule has 0 heterocycles. The molecule has 0 aromatic heterocycles. The van der Waals surface area contributed by atoms with Crippen LogP contribution in [0.2, 0.25) is 0 Å². The van der Waals surface area contributed by atoms with E-state index in [0.717, 1.165) is 0 Å². The fourth-order valence-corrected chi connectivity index (χ4v) is 3.11. The van der Waals surface area contributed by atoms with Crippen molar-refractivity contribution in [3.63, 3.8) is 0 Å². The highest BCUT2D eigenvalue weighted by Gasteiger charge is 2.13. The summed E-state index contributed by atoms with van der Waals surface area (Å²) in [5, 5.41) is 0. The summed E-state index contributed by atoms with van der Waals surface area (Å²) in [4.78, 5) is 0. The summed E-state index contributed by atoms with van der Waals surface area (Å²) in [6.07, 6.45) is 16.8. The van der Waals surface area contributed by atoms with Crippen LogP contribution in [-0.4, -0.2) is 0 Å². The Kier molecular flexibility index (Phi) is 10.3. The predicted octanol–water partition coefficient (Wildman–Crippen LogP) is 7.64. The minimum Gasteiger partial charge on any atom is -0.0654 e. The van der Waals surface area contributed by atoms with E-state index in [1.54, 1.807) is 0 Å². The molecule has 0 saturated heterocycles. The molecule has 0 aliphatic rings. The van der Waals surface area contributed by atoms with E-state index in [-0.39, 0.29) is 5.41 Å². The van der Waals surface area contributed by atoms with E-state index in [2.05, 4.69) is 52.0 Å². The minimum absolute atomic E-state index is 0.251. The summed E-state index contributed by atoms with van der Waals surface area (Å²) in [5.41, 5.74) is 3.09. The van der Waals surface area contributed by atoms with Crippen LogP contribution < -0.4 is 0 Å². The third-order valence-corrected chi connectivity index (χ3v) is 4.78. The maximum absolute atomic E-state index is 3.42. The molecule has 0 spiro atoms. The third kappa shape index (κ3) is 9.84. The lowest BCUT2D eigenvalue weighted by molar-refractivity contribution is 0.549. The first-order chi connectivity index (χ1) is 11.0. The molecule has 0 bridgehead atoms. The first kappa shape index (κ1) is 20.3. The topological polar surface area (TPSA) is 0 Å². The van der Waals surface area contributed by atoms with E-state index in [0.29, 0.717) is 0 Å². The van der Waals surface area contributed by atoms with Crippen molar-refractivity contribution in [2.24, 2.45) is 0 Å². The van der Waals surface area contributed by atoms with E-state index in [1.807, 2.05) is 0 Å². The monoisotopic (exact) mass is 315 g/mol. The van der Waals surface area contributed by atoms with Gasteiger partial charge in [0.05, 0.1) is 0 Å².